The molecule has 0 unspecified atom stereocenters. The Morgan fingerprint density at radius 3 is 2.45 bits per heavy atom. The highest BCUT2D eigenvalue weighted by Crippen LogP contribution is 2.40. The van der Waals surface area contributed by atoms with E-state index in [9.17, 15) is 9.59 Å². The molecule has 2 aromatic rings. The number of hydrogen-bond donors (Lipinski definition) is 5. The van der Waals surface area contributed by atoms with Gasteiger partial charge in [-0.15, -0.1) is 5.53 Å². The minimum absolute atomic E-state index is 0.137. The van der Waals surface area contributed by atoms with Crippen molar-refractivity contribution in [2.45, 2.75) is 40.0 Å². The zero-order chi connectivity index (χ0) is 30.4. The van der Waals surface area contributed by atoms with Crippen molar-refractivity contribution in [2.24, 2.45) is 0 Å². The molecule has 228 valence electrons. The van der Waals surface area contributed by atoms with Gasteiger partial charge in [-0.1, -0.05) is 32.7 Å². The Bertz CT molecular complexity index is 1340. The smallest absolute Gasteiger partial charge is 0.270 e. The van der Waals surface area contributed by atoms with Crippen molar-refractivity contribution in [2.75, 3.05) is 67.8 Å². The molecule has 0 bridgehead atoms. The summed E-state index contributed by atoms with van der Waals surface area (Å²) in [6, 6.07) is 7.68. The maximum absolute atomic E-state index is 13.6. The number of amides is 2. The molecule has 0 atom stereocenters. The molecule has 0 aliphatic carbocycles. The van der Waals surface area contributed by atoms with Crippen molar-refractivity contribution in [3.8, 4) is 5.75 Å². The van der Waals surface area contributed by atoms with Crippen LogP contribution in [0.3, 0.4) is 0 Å². The fourth-order valence-corrected chi connectivity index (χ4v) is 5.16. The summed E-state index contributed by atoms with van der Waals surface area (Å²) in [5, 5.41) is 7.76. The lowest BCUT2D eigenvalue weighted by Gasteiger charge is -2.26. The standard InChI is InChI=1S/C30H43N7O4S/c1-19-14-21(28(38)32-23-16-22(30(3,4)5)17-24(34-42-7)27(23)40-6)15-26(20(19)2)37-18-25(33-35-37)29(39)31-8-9-36-10-12-41-13-11-36/h14-18,33-35H,8-13H2,1-7H3,(H,31,39)(H,32,38). The van der Waals surface area contributed by atoms with Crippen LogP contribution in [0.5, 0.6) is 5.75 Å². The molecule has 2 aromatic carbocycles. The molecule has 1 saturated heterocycles. The monoisotopic (exact) mass is 597 g/mol. The molecule has 2 heterocycles. The molecule has 4 rings (SSSR count). The summed E-state index contributed by atoms with van der Waals surface area (Å²) in [6.45, 7) is 14.8. The van der Waals surface area contributed by atoms with Crippen molar-refractivity contribution >= 4 is 40.8 Å². The Kier molecular flexibility index (Phi) is 10.3. The topological polar surface area (TPSA) is 119 Å². The number of rotatable bonds is 10. The van der Waals surface area contributed by atoms with E-state index in [2.05, 4.69) is 52.0 Å². The van der Waals surface area contributed by atoms with Gasteiger partial charge in [-0.25, -0.2) is 0 Å². The van der Waals surface area contributed by atoms with Crippen molar-refractivity contribution in [3.05, 3.63) is 58.4 Å². The van der Waals surface area contributed by atoms with Crippen molar-refractivity contribution in [3.63, 3.8) is 0 Å². The Morgan fingerprint density at radius 2 is 1.79 bits per heavy atom. The highest BCUT2D eigenvalue weighted by atomic mass is 32.2. The van der Waals surface area contributed by atoms with Crippen molar-refractivity contribution < 1.29 is 19.1 Å². The molecule has 0 spiro atoms. The lowest BCUT2D eigenvalue weighted by Crippen LogP contribution is -2.43. The number of nitrogens with one attached hydrogen (secondary N) is 5. The highest BCUT2D eigenvalue weighted by molar-refractivity contribution is 7.99. The van der Waals surface area contributed by atoms with E-state index in [-0.39, 0.29) is 17.2 Å². The first-order chi connectivity index (χ1) is 20.0. The summed E-state index contributed by atoms with van der Waals surface area (Å²) < 4.78 is 14.4. The third-order valence-electron chi connectivity index (χ3n) is 7.41. The van der Waals surface area contributed by atoms with Gasteiger partial charge in [-0.3, -0.25) is 24.9 Å². The number of carbonyl (C=O) groups excluding carboxylic acids is 2. The Hall–Kier alpha value is -3.45. The van der Waals surface area contributed by atoms with Crippen molar-refractivity contribution in [1.82, 2.24) is 21.2 Å². The van der Waals surface area contributed by atoms with Gasteiger partial charge in [0.05, 0.1) is 43.6 Å². The first-order valence-corrected chi connectivity index (χ1v) is 15.3. The lowest BCUT2D eigenvalue weighted by atomic mass is 9.86. The van der Waals surface area contributed by atoms with Gasteiger partial charge in [0, 0.05) is 38.0 Å². The largest absolute Gasteiger partial charge is 0.492 e. The van der Waals surface area contributed by atoms with Crippen LogP contribution >= 0.6 is 11.9 Å². The van der Waals surface area contributed by atoms with E-state index in [1.54, 1.807) is 18.3 Å². The second-order valence-corrected chi connectivity index (χ2v) is 12.0. The molecular formula is C30H43N7O4S. The minimum Gasteiger partial charge on any atom is -0.492 e. The van der Waals surface area contributed by atoms with Gasteiger partial charge in [0.1, 0.15) is 5.70 Å². The Labute approximate surface area is 252 Å². The zero-order valence-corrected chi connectivity index (χ0v) is 26.4. The third kappa shape index (κ3) is 7.49. The van der Waals surface area contributed by atoms with Gasteiger partial charge in [0.15, 0.2) is 5.75 Å². The van der Waals surface area contributed by atoms with Gasteiger partial charge in [-0.05, 0) is 60.2 Å². The molecule has 0 saturated carbocycles. The van der Waals surface area contributed by atoms with Crippen LogP contribution in [-0.2, 0) is 14.9 Å². The predicted molar refractivity (Wildman–Crippen MR) is 170 cm³/mol. The molecule has 2 aliphatic heterocycles. The lowest BCUT2D eigenvalue weighted by molar-refractivity contribution is -0.117. The normalized spacial score (nSPS) is 15.6. The summed E-state index contributed by atoms with van der Waals surface area (Å²) in [4.78, 5) is 28.7. The summed E-state index contributed by atoms with van der Waals surface area (Å²) in [6.07, 6.45) is 3.64. The van der Waals surface area contributed by atoms with E-state index >= 15 is 0 Å². The van der Waals surface area contributed by atoms with E-state index in [0.717, 1.165) is 60.9 Å². The summed E-state index contributed by atoms with van der Waals surface area (Å²) in [5.74, 6) is 0.0883. The number of hydrazine groups is 2. The van der Waals surface area contributed by atoms with Crippen LogP contribution in [0.1, 0.15) is 47.8 Å². The first kappa shape index (κ1) is 31.5. The summed E-state index contributed by atoms with van der Waals surface area (Å²) in [5.41, 5.74) is 11.8. The summed E-state index contributed by atoms with van der Waals surface area (Å²) in [7, 11) is 1.59. The molecule has 2 aliphatic rings. The molecule has 0 aromatic heterocycles. The predicted octanol–water partition coefficient (Wildman–Crippen LogP) is 3.67. The fourth-order valence-electron chi connectivity index (χ4n) is 4.78. The first-order valence-electron chi connectivity index (χ1n) is 14.1. The van der Waals surface area contributed by atoms with E-state index < -0.39 is 0 Å². The second-order valence-electron chi connectivity index (χ2n) is 11.4. The van der Waals surface area contributed by atoms with E-state index in [0.29, 0.717) is 29.2 Å². The highest BCUT2D eigenvalue weighted by Gasteiger charge is 2.24. The molecule has 12 heteroatoms. The zero-order valence-electron chi connectivity index (χ0n) is 25.6. The maximum atomic E-state index is 13.6. The number of morpholine rings is 1. The van der Waals surface area contributed by atoms with Crippen LogP contribution in [0.2, 0.25) is 0 Å². The number of nitrogens with zero attached hydrogens (tertiary/aromatic N) is 2. The SMILES string of the molecule is COc1c(NSC)cc(C(C)(C)C)cc1NC(=O)c1cc(C)c(C)c(N2C=C(C(=O)NCCN3CCOCC3)NN2)c1. The number of benzene rings is 2. The van der Waals surface area contributed by atoms with Crippen LogP contribution in [-0.4, -0.2) is 69.5 Å². The maximum Gasteiger partial charge on any atom is 0.270 e. The van der Waals surface area contributed by atoms with Crippen LogP contribution in [0.4, 0.5) is 17.1 Å². The van der Waals surface area contributed by atoms with Gasteiger partial charge in [0.25, 0.3) is 11.8 Å². The van der Waals surface area contributed by atoms with Crippen molar-refractivity contribution in [1.29, 1.82) is 0 Å². The Morgan fingerprint density at radius 1 is 1.07 bits per heavy atom. The number of hydrogen-bond acceptors (Lipinski definition) is 10. The average Bonchev–Trinajstić information content (AvgIpc) is 3.45. The number of ether oxygens (including phenoxy) is 2. The number of anilines is 3. The van der Waals surface area contributed by atoms with Gasteiger partial charge < -0.3 is 24.8 Å². The second kappa shape index (κ2) is 13.7. The van der Waals surface area contributed by atoms with Gasteiger partial charge in [0.2, 0.25) is 0 Å². The number of aryl methyl sites for hydroxylation is 1. The number of carbonyl (C=O) groups is 2. The van der Waals surface area contributed by atoms with Crippen LogP contribution in [0.25, 0.3) is 0 Å². The van der Waals surface area contributed by atoms with Gasteiger partial charge >= 0.3 is 0 Å². The number of methoxy groups -OCH3 is 1. The minimum atomic E-state index is -0.268. The molecule has 0 radical (unpaired) electrons. The van der Waals surface area contributed by atoms with E-state index in [4.69, 9.17) is 9.47 Å². The molecule has 11 nitrogen and oxygen atoms in total. The molecule has 5 N–H and O–H groups in total. The van der Waals surface area contributed by atoms with E-state index in [1.807, 2.05) is 44.4 Å². The molecule has 1 fully saturated rings. The molecule has 42 heavy (non-hydrogen) atoms. The fraction of sp³-hybridized carbons (Fsp3) is 0.467. The Balaban J connectivity index is 1.52. The van der Waals surface area contributed by atoms with Crippen LogP contribution in [0, 0.1) is 13.8 Å². The third-order valence-corrected chi connectivity index (χ3v) is 7.84. The van der Waals surface area contributed by atoms with Crippen LogP contribution < -0.4 is 36.1 Å². The van der Waals surface area contributed by atoms with Gasteiger partial charge in [-0.2, -0.15) is 0 Å². The summed E-state index contributed by atoms with van der Waals surface area (Å²) >= 11 is 1.46. The van der Waals surface area contributed by atoms with E-state index in [1.165, 1.54) is 11.9 Å². The molecule has 2 amide bonds. The molecular weight excluding hydrogens is 554 g/mol. The quantitative estimate of drug-likeness (QED) is 0.260. The average molecular weight is 598 g/mol. The van der Waals surface area contributed by atoms with Crippen LogP contribution in [0.15, 0.2) is 36.2 Å².